The van der Waals surface area contributed by atoms with Crippen molar-refractivity contribution in [3.63, 3.8) is 0 Å². The third-order valence-corrected chi connectivity index (χ3v) is 2.26. The lowest BCUT2D eigenvalue weighted by Gasteiger charge is -2.32. The van der Waals surface area contributed by atoms with Crippen LogP contribution in [0.5, 0.6) is 0 Å². The lowest BCUT2D eigenvalue weighted by molar-refractivity contribution is -0.107. The van der Waals surface area contributed by atoms with Crippen LogP contribution in [0.4, 0.5) is 0 Å². The first-order valence-corrected chi connectivity index (χ1v) is 5.04. The summed E-state index contributed by atoms with van der Waals surface area (Å²) in [4.78, 5) is 0. The first-order valence-electron chi connectivity index (χ1n) is 5.04. The van der Waals surface area contributed by atoms with E-state index < -0.39 is 0 Å². The molecule has 0 aromatic heterocycles. The minimum Gasteiger partial charge on any atom is -0.381 e. The summed E-state index contributed by atoms with van der Waals surface area (Å²) in [5.74, 6) is 0. The number of hydrogen-bond acceptors (Lipinski definition) is 3. The van der Waals surface area contributed by atoms with Crippen LogP contribution in [-0.2, 0) is 9.47 Å². The molecule has 1 aliphatic heterocycles. The van der Waals surface area contributed by atoms with Crippen LogP contribution in [0.1, 0.15) is 26.7 Å². The quantitative estimate of drug-likeness (QED) is 0.717. The minimum absolute atomic E-state index is 0.0588. The predicted molar refractivity (Wildman–Crippen MR) is 52.9 cm³/mol. The summed E-state index contributed by atoms with van der Waals surface area (Å²) < 4.78 is 11.3. The summed E-state index contributed by atoms with van der Waals surface area (Å²) >= 11 is 0. The molecule has 1 N–H and O–H groups in total. The third-order valence-electron chi connectivity index (χ3n) is 2.26. The Hall–Kier alpha value is -0.120. The Bertz CT molecular complexity index is 142. The second kappa shape index (κ2) is 4.94. The number of rotatable bonds is 4. The first kappa shape index (κ1) is 11.0. The van der Waals surface area contributed by atoms with Gasteiger partial charge in [0.1, 0.15) is 0 Å². The van der Waals surface area contributed by atoms with E-state index in [2.05, 4.69) is 19.2 Å². The van der Waals surface area contributed by atoms with Gasteiger partial charge in [-0.25, -0.2) is 0 Å². The SMILES string of the molecule is CNCC(C)(C)OC1CCOCC1. The topological polar surface area (TPSA) is 30.5 Å². The molecule has 0 radical (unpaired) electrons. The molecule has 78 valence electrons. The summed E-state index contributed by atoms with van der Waals surface area (Å²) in [6.45, 7) is 6.84. The van der Waals surface area contributed by atoms with Crippen molar-refractivity contribution in [2.75, 3.05) is 26.8 Å². The molecule has 0 saturated carbocycles. The maximum absolute atomic E-state index is 5.98. The molecule has 0 spiro atoms. The summed E-state index contributed by atoms with van der Waals surface area (Å²) in [6.07, 6.45) is 2.46. The van der Waals surface area contributed by atoms with Crippen LogP contribution in [-0.4, -0.2) is 38.5 Å². The molecule has 3 heteroatoms. The second-order valence-electron chi connectivity index (χ2n) is 4.22. The highest BCUT2D eigenvalue weighted by molar-refractivity contribution is 4.75. The zero-order chi connectivity index (χ0) is 9.73. The third kappa shape index (κ3) is 4.07. The summed E-state index contributed by atoms with van der Waals surface area (Å²) in [5, 5.41) is 3.14. The smallest absolute Gasteiger partial charge is 0.0753 e. The zero-order valence-corrected chi connectivity index (χ0v) is 8.93. The highest BCUT2D eigenvalue weighted by Crippen LogP contribution is 2.18. The molecular weight excluding hydrogens is 166 g/mol. The highest BCUT2D eigenvalue weighted by atomic mass is 16.5. The standard InChI is InChI=1S/C10H21NO2/c1-10(2,8-11-3)13-9-4-6-12-7-5-9/h9,11H,4-8H2,1-3H3. The number of likely N-dealkylation sites (N-methyl/N-ethyl adjacent to an activating group) is 1. The van der Waals surface area contributed by atoms with Gasteiger partial charge in [0.15, 0.2) is 0 Å². The minimum atomic E-state index is -0.0588. The fourth-order valence-electron chi connectivity index (χ4n) is 1.71. The van der Waals surface area contributed by atoms with E-state index in [-0.39, 0.29) is 5.60 Å². The number of hydrogen-bond donors (Lipinski definition) is 1. The van der Waals surface area contributed by atoms with Crippen molar-refractivity contribution in [3.05, 3.63) is 0 Å². The molecule has 1 aliphatic rings. The van der Waals surface area contributed by atoms with E-state index >= 15 is 0 Å². The van der Waals surface area contributed by atoms with Crippen molar-refractivity contribution in [1.29, 1.82) is 0 Å². The normalized spacial score (nSPS) is 20.5. The second-order valence-corrected chi connectivity index (χ2v) is 4.22. The van der Waals surface area contributed by atoms with Crippen molar-refractivity contribution in [2.24, 2.45) is 0 Å². The molecule has 0 aromatic carbocycles. The van der Waals surface area contributed by atoms with Crippen LogP contribution >= 0.6 is 0 Å². The molecule has 0 amide bonds. The van der Waals surface area contributed by atoms with E-state index in [1.54, 1.807) is 0 Å². The monoisotopic (exact) mass is 187 g/mol. The molecular formula is C10H21NO2. The lowest BCUT2D eigenvalue weighted by Crippen LogP contribution is -2.40. The van der Waals surface area contributed by atoms with Gasteiger partial charge in [-0.3, -0.25) is 0 Å². The molecule has 1 saturated heterocycles. The highest BCUT2D eigenvalue weighted by Gasteiger charge is 2.24. The van der Waals surface area contributed by atoms with E-state index in [1.165, 1.54) is 0 Å². The van der Waals surface area contributed by atoms with Crippen molar-refractivity contribution < 1.29 is 9.47 Å². The lowest BCUT2D eigenvalue weighted by atomic mass is 10.1. The molecule has 1 rings (SSSR count). The first-order chi connectivity index (χ1) is 6.14. The van der Waals surface area contributed by atoms with Gasteiger partial charge in [-0.1, -0.05) is 0 Å². The average molecular weight is 187 g/mol. The Morgan fingerprint density at radius 1 is 1.38 bits per heavy atom. The van der Waals surface area contributed by atoms with E-state index in [0.717, 1.165) is 32.6 Å². The Balaban J connectivity index is 2.28. The van der Waals surface area contributed by atoms with E-state index in [9.17, 15) is 0 Å². The van der Waals surface area contributed by atoms with Crippen molar-refractivity contribution in [3.8, 4) is 0 Å². The molecule has 13 heavy (non-hydrogen) atoms. The van der Waals surface area contributed by atoms with Gasteiger partial charge in [-0.05, 0) is 33.7 Å². The van der Waals surface area contributed by atoms with Crippen molar-refractivity contribution in [2.45, 2.75) is 38.4 Å². The van der Waals surface area contributed by atoms with Gasteiger partial charge in [0.25, 0.3) is 0 Å². The zero-order valence-electron chi connectivity index (χ0n) is 8.93. The Kier molecular flexibility index (Phi) is 4.16. The van der Waals surface area contributed by atoms with Crippen molar-refractivity contribution in [1.82, 2.24) is 5.32 Å². The Morgan fingerprint density at radius 2 is 2.00 bits per heavy atom. The fraction of sp³-hybridized carbons (Fsp3) is 1.00. The van der Waals surface area contributed by atoms with Gasteiger partial charge < -0.3 is 14.8 Å². The fourth-order valence-corrected chi connectivity index (χ4v) is 1.71. The van der Waals surface area contributed by atoms with Crippen LogP contribution in [0, 0.1) is 0 Å². The number of nitrogens with one attached hydrogen (secondary N) is 1. The summed E-state index contributed by atoms with van der Waals surface area (Å²) in [7, 11) is 1.95. The van der Waals surface area contributed by atoms with Gasteiger partial charge in [-0.15, -0.1) is 0 Å². The van der Waals surface area contributed by atoms with Crippen LogP contribution in [0.3, 0.4) is 0 Å². The molecule has 0 aliphatic carbocycles. The van der Waals surface area contributed by atoms with Gasteiger partial charge in [0, 0.05) is 19.8 Å². The van der Waals surface area contributed by atoms with Crippen LogP contribution in [0.25, 0.3) is 0 Å². The van der Waals surface area contributed by atoms with Gasteiger partial charge in [0.2, 0.25) is 0 Å². The molecule has 1 fully saturated rings. The van der Waals surface area contributed by atoms with E-state index in [1.807, 2.05) is 7.05 Å². The average Bonchev–Trinajstić information content (AvgIpc) is 2.04. The van der Waals surface area contributed by atoms with Gasteiger partial charge in [0.05, 0.1) is 11.7 Å². The molecule has 0 unspecified atom stereocenters. The molecule has 0 bridgehead atoms. The van der Waals surface area contributed by atoms with E-state index in [4.69, 9.17) is 9.47 Å². The maximum atomic E-state index is 5.98. The molecule has 3 nitrogen and oxygen atoms in total. The Morgan fingerprint density at radius 3 is 2.54 bits per heavy atom. The molecule has 0 aromatic rings. The predicted octanol–water partition coefficient (Wildman–Crippen LogP) is 1.18. The van der Waals surface area contributed by atoms with Gasteiger partial charge >= 0.3 is 0 Å². The van der Waals surface area contributed by atoms with Crippen molar-refractivity contribution >= 4 is 0 Å². The van der Waals surface area contributed by atoms with Gasteiger partial charge in [-0.2, -0.15) is 0 Å². The van der Waals surface area contributed by atoms with Crippen LogP contribution in [0.2, 0.25) is 0 Å². The maximum Gasteiger partial charge on any atom is 0.0753 e. The summed E-state index contributed by atoms with van der Waals surface area (Å²) in [6, 6.07) is 0. The Labute approximate surface area is 80.8 Å². The van der Waals surface area contributed by atoms with Crippen LogP contribution < -0.4 is 5.32 Å². The summed E-state index contributed by atoms with van der Waals surface area (Å²) in [5.41, 5.74) is -0.0588. The number of ether oxygens (including phenoxy) is 2. The molecule has 0 atom stereocenters. The van der Waals surface area contributed by atoms with E-state index in [0.29, 0.717) is 6.10 Å². The largest absolute Gasteiger partial charge is 0.381 e. The molecule has 1 heterocycles. The van der Waals surface area contributed by atoms with Crippen LogP contribution in [0.15, 0.2) is 0 Å².